The highest BCUT2D eigenvalue weighted by atomic mass is 19.4. The number of rotatable bonds is 8. The summed E-state index contributed by atoms with van der Waals surface area (Å²) in [6, 6.07) is 12.4. The monoisotopic (exact) mass is 420 g/mol. The van der Waals surface area contributed by atoms with Crippen LogP contribution in [0.4, 0.5) is 13.2 Å². The van der Waals surface area contributed by atoms with Crippen LogP contribution in [0, 0.1) is 13.8 Å². The van der Waals surface area contributed by atoms with E-state index in [0.29, 0.717) is 24.2 Å². The lowest BCUT2D eigenvalue weighted by Crippen LogP contribution is -2.23. The number of nitrogens with zero attached hydrogens (tertiary/aromatic N) is 1. The summed E-state index contributed by atoms with van der Waals surface area (Å²) in [7, 11) is 0. The molecule has 0 aliphatic rings. The maximum Gasteiger partial charge on any atom is 0.411 e. The van der Waals surface area contributed by atoms with Gasteiger partial charge in [-0.1, -0.05) is 24.3 Å². The Kier molecular flexibility index (Phi) is 6.66. The summed E-state index contributed by atoms with van der Waals surface area (Å²) in [6.45, 7) is 3.30. The average Bonchev–Trinajstić information content (AvgIpc) is 3.30. The topological polar surface area (TPSA) is 56.4 Å². The third-order valence-corrected chi connectivity index (χ3v) is 4.72. The Morgan fingerprint density at radius 3 is 2.47 bits per heavy atom. The van der Waals surface area contributed by atoms with E-state index in [2.05, 4.69) is 10.1 Å². The van der Waals surface area contributed by atoms with E-state index in [4.69, 9.17) is 4.42 Å². The van der Waals surface area contributed by atoms with Gasteiger partial charge in [0.05, 0.1) is 25.0 Å². The van der Waals surface area contributed by atoms with E-state index in [1.165, 1.54) is 0 Å². The Hall–Kier alpha value is -3.00. The van der Waals surface area contributed by atoms with Gasteiger partial charge < -0.3 is 19.0 Å². The van der Waals surface area contributed by atoms with Crippen molar-refractivity contribution in [1.82, 2.24) is 9.88 Å². The first kappa shape index (κ1) is 21.7. The van der Waals surface area contributed by atoms with Crippen LogP contribution in [-0.2, 0) is 24.4 Å². The first-order valence-electron chi connectivity index (χ1n) is 9.42. The highest BCUT2D eigenvalue weighted by molar-refractivity contribution is 5.95. The summed E-state index contributed by atoms with van der Waals surface area (Å²) in [5, 5.41) is 2.88. The van der Waals surface area contributed by atoms with Crippen LogP contribution in [0.5, 0.6) is 0 Å². The maximum atomic E-state index is 12.6. The van der Waals surface area contributed by atoms with E-state index in [-0.39, 0.29) is 12.5 Å². The molecule has 0 aliphatic heterocycles. The van der Waals surface area contributed by atoms with E-state index in [1.807, 2.05) is 36.6 Å². The van der Waals surface area contributed by atoms with Crippen molar-refractivity contribution in [3.05, 3.63) is 82.6 Å². The number of aromatic nitrogens is 1. The van der Waals surface area contributed by atoms with Crippen LogP contribution in [0.25, 0.3) is 0 Å². The van der Waals surface area contributed by atoms with Gasteiger partial charge in [0.15, 0.2) is 0 Å². The normalized spacial score (nSPS) is 11.6. The number of carbonyl (C=O) groups is 1. The molecule has 0 bridgehead atoms. The molecule has 0 saturated heterocycles. The molecule has 1 N–H and O–H groups in total. The van der Waals surface area contributed by atoms with E-state index >= 15 is 0 Å². The highest BCUT2D eigenvalue weighted by Crippen LogP contribution is 2.18. The van der Waals surface area contributed by atoms with Gasteiger partial charge in [-0.3, -0.25) is 4.79 Å². The molecule has 1 amide bonds. The minimum atomic E-state index is -4.34. The van der Waals surface area contributed by atoms with Gasteiger partial charge in [0, 0.05) is 17.9 Å². The van der Waals surface area contributed by atoms with Gasteiger partial charge in [-0.25, -0.2) is 0 Å². The Balaban J connectivity index is 1.55. The van der Waals surface area contributed by atoms with Crippen molar-refractivity contribution in [2.45, 2.75) is 39.7 Å². The molecule has 3 aromatic rings. The van der Waals surface area contributed by atoms with Crippen molar-refractivity contribution in [3.63, 3.8) is 0 Å². The lowest BCUT2D eigenvalue weighted by molar-refractivity contribution is -0.176. The second-order valence-electron chi connectivity index (χ2n) is 7.06. The van der Waals surface area contributed by atoms with Crippen molar-refractivity contribution in [2.75, 3.05) is 6.61 Å². The summed E-state index contributed by atoms with van der Waals surface area (Å²) in [5.41, 5.74) is 3.87. The molecule has 3 rings (SSSR count). The molecule has 0 unspecified atom stereocenters. The fourth-order valence-corrected chi connectivity index (χ4v) is 3.15. The van der Waals surface area contributed by atoms with Crippen LogP contribution in [0.1, 0.15) is 38.6 Å². The van der Waals surface area contributed by atoms with Gasteiger partial charge >= 0.3 is 6.18 Å². The predicted molar refractivity (Wildman–Crippen MR) is 105 cm³/mol. The fraction of sp³-hybridized carbons (Fsp3) is 0.318. The summed E-state index contributed by atoms with van der Waals surface area (Å²) < 4.78 is 48.4. The largest absolute Gasteiger partial charge is 0.467 e. The zero-order valence-electron chi connectivity index (χ0n) is 16.8. The number of ether oxygens (including phenoxy) is 1. The lowest BCUT2D eigenvalue weighted by atomic mass is 10.1. The summed E-state index contributed by atoms with van der Waals surface area (Å²) in [6.07, 6.45) is -2.72. The maximum absolute atomic E-state index is 12.6. The Bertz CT molecular complexity index is 974. The molecule has 2 heterocycles. The van der Waals surface area contributed by atoms with E-state index in [1.54, 1.807) is 30.5 Å². The molecule has 0 atom stereocenters. The Morgan fingerprint density at radius 2 is 1.83 bits per heavy atom. The van der Waals surface area contributed by atoms with Crippen molar-refractivity contribution in [2.24, 2.45) is 0 Å². The van der Waals surface area contributed by atoms with Crippen LogP contribution in [0.15, 0.2) is 53.1 Å². The third-order valence-electron chi connectivity index (χ3n) is 4.72. The molecule has 2 aromatic heterocycles. The lowest BCUT2D eigenvalue weighted by Gasteiger charge is -2.10. The van der Waals surface area contributed by atoms with Crippen molar-refractivity contribution in [3.8, 4) is 0 Å². The Morgan fingerprint density at radius 1 is 1.13 bits per heavy atom. The average molecular weight is 420 g/mol. The highest BCUT2D eigenvalue weighted by Gasteiger charge is 2.27. The number of halogens is 3. The number of furan rings is 1. The number of alkyl halides is 3. The zero-order valence-corrected chi connectivity index (χ0v) is 16.8. The standard InChI is InChI=1S/C22H23F3N2O3/c1-15-10-20(16(2)27(15)12-19-4-3-9-30-19)21(28)26-11-17-5-7-18(8-6-17)13-29-14-22(23,24)25/h3-10H,11-14H2,1-2H3,(H,26,28). The minimum absolute atomic E-state index is 0.117. The van der Waals surface area contributed by atoms with Crippen molar-refractivity contribution in [1.29, 1.82) is 0 Å². The molecule has 5 nitrogen and oxygen atoms in total. The number of amides is 1. The first-order valence-corrected chi connectivity index (χ1v) is 9.42. The van der Waals surface area contributed by atoms with E-state index in [9.17, 15) is 18.0 Å². The van der Waals surface area contributed by atoms with E-state index < -0.39 is 12.8 Å². The van der Waals surface area contributed by atoms with Gasteiger partial charge in [-0.05, 0) is 43.2 Å². The molecule has 0 aliphatic carbocycles. The SMILES string of the molecule is Cc1cc(C(=O)NCc2ccc(COCC(F)(F)F)cc2)c(C)n1Cc1ccco1. The number of nitrogens with one attached hydrogen (secondary N) is 1. The van der Waals surface area contributed by atoms with E-state index in [0.717, 1.165) is 22.7 Å². The molecule has 8 heteroatoms. The van der Waals surface area contributed by atoms with Crippen LogP contribution < -0.4 is 5.32 Å². The third kappa shape index (κ3) is 5.76. The molecule has 1 aromatic carbocycles. The van der Waals surface area contributed by atoms with Crippen LogP contribution >= 0.6 is 0 Å². The summed E-state index contributed by atoms with van der Waals surface area (Å²) in [4.78, 5) is 12.6. The molecule has 30 heavy (non-hydrogen) atoms. The van der Waals surface area contributed by atoms with Gasteiger partial charge in [-0.15, -0.1) is 0 Å². The quantitative estimate of drug-likeness (QED) is 0.572. The fourth-order valence-electron chi connectivity index (χ4n) is 3.15. The number of aryl methyl sites for hydroxylation is 1. The Labute approximate surface area is 172 Å². The molecule has 0 saturated carbocycles. The van der Waals surface area contributed by atoms with Crippen LogP contribution in [0.3, 0.4) is 0 Å². The molecule has 0 radical (unpaired) electrons. The predicted octanol–water partition coefficient (Wildman–Crippen LogP) is 4.76. The van der Waals surface area contributed by atoms with Gasteiger partial charge in [0.1, 0.15) is 12.4 Å². The van der Waals surface area contributed by atoms with Crippen molar-refractivity contribution >= 4 is 5.91 Å². The molecular weight excluding hydrogens is 397 g/mol. The minimum Gasteiger partial charge on any atom is -0.467 e. The molecular formula is C22H23F3N2O3. The molecule has 0 spiro atoms. The smallest absolute Gasteiger partial charge is 0.411 e. The second kappa shape index (κ2) is 9.21. The number of carbonyl (C=O) groups excluding carboxylic acids is 1. The van der Waals surface area contributed by atoms with Gasteiger partial charge in [0.25, 0.3) is 5.91 Å². The zero-order chi connectivity index (χ0) is 21.7. The van der Waals surface area contributed by atoms with Crippen molar-refractivity contribution < 1.29 is 27.1 Å². The second-order valence-corrected chi connectivity index (χ2v) is 7.06. The van der Waals surface area contributed by atoms with Gasteiger partial charge in [0.2, 0.25) is 0 Å². The molecule has 0 fully saturated rings. The number of hydrogen-bond acceptors (Lipinski definition) is 3. The molecule has 160 valence electrons. The van der Waals surface area contributed by atoms with Gasteiger partial charge in [-0.2, -0.15) is 13.2 Å². The summed E-state index contributed by atoms with van der Waals surface area (Å²) >= 11 is 0. The first-order chi connectivity index (χ1) is 14.2. The van der Waals surface area contributed by atoms with Crippen LogP contribution in [0.2, 0.25) is 0 Å². The number of hydrogen-bond donors (Lipinski definition) is 1. The summed E-state index contributed by atoms with van der Waals surface area (Å²) in [5.74, 6) is 0.620. The van der Waals surface area contributed by atoms with Crippen LogP contribution in [-0.4, -0.2) is 23.3 Å². The number of benzene rings is 1.